The Morgan fingerprint density at radius 1 is 0.500 bits per heavy atom. The van der Waals surface area contributed by atoms with Crippen molar-refractivity contribution < 1.29 is 37.6 Å². The third-order valence-electron chi connectivity index (χ3n) is 9.04. The highest BCUT2D eigenvalue weighted by molar-refractivity contribution is 7.47. The van der Waals surface area contributed by atoms with E-state index in [4.69, 9.17) is 18.5 Å². The van der Waals surface area contributed by atoms with Crippen LogP contribution in [0.3, 0.4) is 0 Å². The first kappa shape index (κ1) is 53.5. The van der Waals surface area contributed by atoms with Gasteiger partial charge in [-0.2, -0.15) is 0 Å². The van der Waals surface area contributed by atoms with Gasteiger partial charge in [-0.3, -0.25) is 18.6 Å². The maximum Gasteiger partial charge on any atom is 0.472 e. The Morgan fingerprint density at radius 3 is 1.34 bits per heavy atom. The number of esters is 2. The maximum absolute atomic E-state index is 12.5. The van der Waals surface area contributed by atoms with Gasteiger partial charge < -0.3 is 14.4 Å². The zero-order valence-electron chi connectivity index (χ0n) is 35.8. The van der Waals surface area contributed by atoms with Crippen molar-refractivity contribution in [3.8, 4) is 0 Å². The number of phosphoric acid groups is 1. The summed E-state index contributed by atoms with van der Waals surface area (Å²) in [5.74, 6) is -0.895. The SMILES string of the molecule is CC/C=C\C/C=C\C/C=C\C/C=C\C/C=C\C/C=C\CCC(=O)OC(COC(=O)CCCCCCCCCCCCCCCCCCC)COP(=O)(O)OCC. The van der Waals surface area contributed by atoms with E-state index in [9.17, 15) is 19.0 Å². The highest BCUT2D eigenvalue weighted by atomic mass is 31.2. The van der Waals surface area contributed by atoms with Crippen LogP contribution in [-0.2, 0) is 32.7 Å². The molecule has 0 aromatic carbocycles. The summed E-state index contributed by atoms with van der Waals surface area (Å²) in [7, 11) is -4.30. The lowest BCUT2D eigenvalue weighted by molar-refractivity contribution is -0.161. The van der Waals surface area contributed by atoms with Crippen molar-refractivity contribution >= 4 is 19.8 Å². The van der Waals surface area contributed by atoms with Crippen molar-refractivity contribution in [3.63, 3.8) is 0 Å². The second kappa shape index (κ2) is 42.1. The van der Waals surface area contributed by atoms with Crippen molar-refractivity contribution in [3.05, 3.63) is 72.9 Å². The van der Waals surface area contributed by atoms with Gasteiger partial charge >= 0.3 is 19.8 Å². The van der Waals surface area contributed by atoms with Crippen LogP contribution in [0.1, 0.15) is 188 Å². The lowest BCUT2D eigenvalue weighted by Gasteiger charge is -2.19. The quantitative estimate of drug-likeness (QED) is 0.0282. The lowest BCUT2D eigenvalue weighted by Crippen LogP contribution is -2.29. The topological polar surface area (TPSA) is 108 Å². The first-order valence-corrected chi connectivity index (χ1v) is 23.7. The molecular weight excluding hydrogens is 723 g/mol. The predicted molar refractivity (Wildman–Crippen MR) is 234 cm³/mol. The van der Waals surface area contributed by atoms with Crippen LogP contribution < -0.4 is 0 Å². The summed E-state index contributed by atoms with van der Waals surface area (Å²) in [6.45, 7) is 5.28. The van der Waals surface area contributed by atoms with E-state index in [0.29, 0.717) is 6.42 Å². The van der Waals surface area contributed by atoms with Crippen LogP contribution in [-0.4, -0.2) is 42.8 Å². The van der Waals surface area contributed by atoms with Gasteiger partial charge in [0.2, 0.25) is 0 Å². The Kier molecular flexibility index (Phi) is 40.2. The Bertz CT molecular complexity index is 1140. The van der Waals surface area contributed by atoms with E-state index < -0.39 is 26.5 Å². The number of ether oxygens (including phenoxy) is 2. The fraction of sp³-hybridized carbons (Fsp3) is 0.702. The van der Waals surface area contributed by atoms with Gasteiger partial charge in [-0.1, -0.05) is 189 Å². The standard InChI is InChI=1S/C47H81O8P/c1-4-7-9-11-13-15-17-19-21-23-24-26-28-30-32-34-36-38-40-42-47(49)55-45(44-54-56(50,51)53-6-3)43-52-46(48)41-39-37-35-33-31-29-27-25-22-20-18-16-14-12-10-8-5-2/h7,9,13,15,19,21,24,26,30,32,36,38,45H,4-6,8,10-12,14,16-18,20,22-23,25,27-29,31,33-35,37,39-44H2,1-3H3,(H,50,51)/b9-7-,15-13-,21-19-,26-24-,32-30-,38-36-. The fourth-order valence-electron chi connectivity index (χ4n) is 5.83. The molecule has 0 aliphatic heterocycles. The number of carbonyl (C=O) groups excluding carboxylic acids is 2. The summed E-state index contributed by atoms with van der Waals surface area (Å²) in [5.41, 5.74) is 0. The fourth-order valence-corrected chi connectivity index (χ4v) is 6.59. The summed E-state index contributed by atoms with van der Waals surface area (Å²) in [6, 6.07) is 0. The molecule has 2 unspecified atom stereocenters. The Balaban J connectivity index is 4.19. The average Bonchev–Trinajstić information content (AvgIpc) is 3.18. The Hall–Kier alpha value is -2.51. The van der Waals surface area contributed by atoms with Gasteiger partial charge in [0, 0.05) is 12.8 Å². The first-order chi connectivity index (χ1) is 27.3. The average molecular weight is 805 g/mol. The molecule has 0 aliphatic carbocycles. The number of rotatable bonds is 40. The summed E-state index contributed by atoms with van der Waals surface area (Å²) < 4.78 is 32.6. The number of carbonyl (C=O) groups is 2. The van der Waals surface area contributed by atoms with Crippen molar-refractivity contribution in [2.24, 2.45) is 0 Å². The van der Waals surface area contributed by atoms with Gasteiger partial charge in [0.15, 0.2) is 6.10 Å². The van der Waals surface area contributed by atoms with E-state index in [-0.39, 0.29) is 32.0 Å². The van der Waals surface area contributed by atoms with E-state index >= 15 is 0 Å². The van der Waals surface area contributed by atoms with Gasteiger partial charge in [0.25, 0.3) is 0 Å². The molecule has 0 aromatic rings. The Labute approximate surface area is 343 Å². The molecule has 9 heteroatoms. The summed E-state index contributed by atoms with van der Waals surface area (Å²) in [5, 5.41) is 0. The molecule has 0 fully saturated rings. The van der Waals surface area contributed by atoms with Gasteiger partial charge in [0.1, 0.15) is 6.61 Å². The first-order valence-electron chi connectivity index (χ1n) is 22.2. The highest BCUT2D eigenvalue weighted by Crippen LogP contribution is 2.43. The van der Waals surface area contributed by atoms with E-state index in [2.05, 4.69) is 74.6 Å². The van der Waals surface area contributed by atoms with Gasteiger partial charge in [-0.25, -0.2) is 4.57 Å². The molecule has 0 rings (SSSR count). The molecule has 0 aliphatic rings. The van der Waals surface area contributed by atoms with Crippen LogP contribution in [0.2, 0.25) is 0 Å². The zero-order chi connectivity index (χ0) is 41.1. The Morgan fingerprint density at radius 2 is 0.911 bits per heavy atom. The molecular formula is C47H81O8P. The molecule has 0 bridgehead atoms. The predicted octanol–water partition coefficient (Wildman–Crippen LogP) is 14.1. The van der Waals surface area contributed by atoms with Crippen molar-refractivity contribution in [1.29, 1.82) is 0 Å². The third kappa shape index (κ3) is 41.1. The normalized spacial score (nSPS) is 14.0. The molecule has 0 heterocycles. The minimum Gasteiger partial charge on any atom is -0.462 e. The van der Waals surface area contributed by atoms with Crippen molar-refractivity contribution in [2.75, 3.05) is 19.8 Å². The minimum absolute atomic E-state index is 0.0153. The number of allylic oxidation sites excluding steroid dienone is 12. The molecule has 0 aromatic heterocycles. The van der Waals surface area contributed by atoms with Crippen molar-refractivity contribution in [1.82, 2.24) is 0 Å². The van der Waals surface area contributed by atoms with E-state index in [1.807, 2.05) is 12.2 Å². The van der Waals surface area contributed by atoms with Crippen LogP contribution in [0.4, 0.5) is 0 Å². The van der Waals surface area contributed by atoms with Crippen LogP contribution in [0, 0.1) is 0 Å². The molecule has 0 radical (unpaired) electrons. The van der Waals surface area contributed by atoms with Crippen LogP contribution in [0.15, 0.2) is 72.9 Å². The molecule has 1 N–H and O–H groups in total. The minimum atomic E-state index is -4.30. The lowest BCUT2D eigenvalue weighted by atomic mass is 10.0. The summed E-state index contributed by atoms with van der Waals surface area (Å²) >= 11 is 0. The maximum atomic E-state index is 12.5. The summed E-state index contributed by atoms with van der Waals surface area (Å²) in [4.78, 5) is 34.7. The highest BCUT2D eigenvalue weighted by Gasteiger charge is 2.25. The molecule has 2 atom stereocenters. The zero-order valence-corrected chi connectivity index (χ0v) is 36.7. The number of phosphoric ester groups is 1. The van der Waals surface area contributed by atoms with Crippen LogP contribution >= 0.6 is 7.82 Å². The smallest absolute Gasteiger partial charge is 0.462 e. The van der Waals surface area contributed by atoms with E-state index in [1.54, 1.807) is 6.92 Å². The van der Waals surface area contributed by atoms with Crippen LogP contribution in [0.25, 0.3) is 0 Å². The molecule has 8 nitrogen and oxygen atoms in total. The number of hydrogen-bond acceptors (Lipinski definition) is 7. The molecule has 322 valence electrons. The van der Waals surface area contributed by atoms with Crippen LogP contribution in [0.5, 0.6) is 0 Å². The molecule has 0 saturated carbocycles. The third-order valence-corrected chi connectivity index (χ3v) is 10.1. The second-order valence-electron chi connectivity index (χ2n) is 14.3. The van der Waals surface area contributed by atoms with Gasteiger partial charge in [-0.15, -0.1) is 0 Å². The van der Waals surface area contributed by atoms with Gasteiger partial charge in [0.05, 0.1) is 13.2 Å². The number of unbranched alkanes of at least 4 members (excludes halogenated alkanes) is 16. The molecule has 0 amide bonds. The van der Waals surface area contributed by atoms with Crippen molar-refractivity contribution in [2.45, 2.75) is 194 Å². The summed E-state index contributed by atoms with van der Waals surface area (Å²) in [6.07, 6.45) is 52.6. The van der Waals surface area contributed by atoms with E-state index in [1.165, 1.54) is 89.9 Å². The monoisotopic (exact) mass is 805 g/mol. The molecule has 56 heavy (non-hydrogen) atoms. The molecule has 0 saturated heterocycles. The van der Waals surface area contributed by atoms with Gasteiger partial charge in [-0.05, 0) is 58.3 Å². The number of hydrogen-bond donors (Lipinski definition) is 1. The largest absolute Gasteiger partial charge is 0.472 e. The molecule has 0 spiro atoms. The van der Waals surface area contributed by atoms with E-state index in [0.717, 1.165) is 57.8 Å². The second-order valence-corrected chi connectivity index (χ2v) is 15.8.